The van der Waals surface area contributed by atoms with Gasteiger partial charge in [0.15, 0.2) is 0 Å². The van der Waals surface area contributed by atoms with Gasteiger partial charge in [-0.1, -0.05) is 13.0 Å². The second kappa shape index (κ2) is 3.56. The quantitative estimate of drug-likeness (QED) is 0.470. The Morgan fingerprint density at radius 1 is 1.64 bits per heavy atom. The van der Waals surface area contributed by atoms with Crippen molar-refractivity contribution in [2.45, 2.75) is 25.4 Å². The van der Waals surface area contributed by atoms with E-state index >= 15 is 0 Å². The van der Waals surface area contributed by atoms with Crippen molar-refractivity contribution < 1.29 is 8.85 Å². The molecule has 1 atom stereocenters. The summed E-state index contributed by atoms with van der Waals surface area (Å²) in [5.41, 5.74) is 0. The fourth-order valence-corrected chi connectivity index (χ4v) is 5.20. The normalized spacial score (nSPS) is 31.7. The summed E-state index contributed by atoms with van der Waals surface area (Å²) >= 11 is 0. The standard InChI is InChI=1S/C7H16O2Si2/c1-7(9-10)11(2)6-4-3-5-8-11/h1,3-6H2,2,10H3. The summed E-state index contributed by atoms with van der Waals surface area (Å²) in [6.07, 6.45) is 2.49. The molecule has 0 amide bonds. The lowest BCUT2D eigenvalue weighted by atomic mass is 10.4. The van der Waals surface area contributed by atoms with Crippen molar-refractivity contribution >= 4 is 18.8 Å². The summed E-state index contributed by atoms with van der Waals surface area (Å²) in [6.45, 7) is 7.03. The van der Waals surface area contributed by atoms with Crippen LogP contribution in [0.1, 0.15) is 12.8 Å². The first-order valence-electron chi connectivity index (χ1n) is 4.06. The zero-order valence-corrected chi connectivity index (χ0v) is 10.4. The van der Waals surface area contributed by atoms with E-state index < -0.39 is 8.32 Å². The minimum atomic E-state index is -1.62. The van der Waals surface area contributed by atoms with Crippen molar-refractivity contribution in [3.8, 4) is 0 Å². The Morgan fingerprint density at radius 2 is 2.36 bits per heavy atom. The molecule has 0 N–H and O–H groups in total. The van der Waals surface area contributed by atoms with E-state index in [2.05, 4.69) is 13.1 Å². The third-order valence-electron chi connectivity index (χ3n) is 2.31. The van der Waals surface area contributed by atoms with Gasteiger partial charge in [0.25, 0.3) is 8.32 Å². The average molecular weight is 188 g/mol. The Balaban J connectivity index is 2.56. The van der Waals surface area contributed by atoms with Crippen molar-refractivity contribution in [2.75, 3.05) is 6.61 Å². The maximum absolute atomic E-state index is 5.75. The molecule has 0 aromatic rings. The minimum absolute atomic E-state index is 0.745. The molecule has 0 aliphatic carbocycles. The highest BCUT2D eigenvalue weighted by Crippen LogP contribution is 2.27. The van der Waals surface area contributed by atoms with Crippen LogP contribution in [0.2, 0.25) is 12.6 Å². The van der Waals surface area contributed by atoms with Gasteiger partial charge in [0.2, 0.25) is 10.5 Å². The van der Waals surface area contributed by atoms with Gasteiger partial charge in [-0.25, -0.2) is 0 Å². The smallest absolute Gasteiger partial charge is 0.256 e. The molecule has 0 bridgehead atoms. The summed E-state index contributed by atoms with van der Waals surface area (Å²) in [4.78, 5) is 0. The van der Waals surface area contributed by atoms with E-state index in [1.165, 1.54) is 18.9 Å². The van der Waals surface area contributed by atoms with Crippen LogP contribution in [-0.2, 0) is 8.85 Å². The maximum atomic E-state index is 5.75. The van der Waals surface area contributed by atoms with E-state index in [1.807, 2.05) is 0 Å². The van der Waals surface area contributed by atoms with E-state index in [9.17, 15) is 0 Å². The number of hydrogen-bond acceptors (Lipinski definition) is 2. The fraction of sp³-hybridized carbons (Fsp3) is 0.714. The van der Waals surface area contributed by atoms with Gasteiger partial charge in [0.1, 0.15) is 0 Å². The molecule has 0 aromatic carbocycles. The van der Waals surface area contributed by atoms with E-state index in [4.69, 9.17) is 8.85 Å². The second-order valence-corrected chi connectivity index (χ2v) is 7.38. The second-order valence-electron chi connectivity index (χ2n) is 3.16. The van der Waals surface area contributed by atoms with Crippen LogP contribution in [0.4, 0.5) is 0 Å². The Hall–Kier alpha value is -0.0662. The zero-order chi connectivity index (χ0) is 8.32. The fourth-order valence-electron chi connectivity index (χ4n) is 1.37. The van der Waals surface area contributed by atoms with Gasteiger partial charge >= 0.3 is 0 Å². The average Bonchev–Trinajstić information content (AvgIpc) is 2.04. The lowest BCUT2D eigenvalue weighted by molar-refractivity contribution is 0.264. The Morgan fingerprint density at radius 3 is 2.82 bits per heavy atom. The molecule has 0 aromatic heterocycles. The maximum Gasteiger partial charge on any atom is 0.256 e. The molecule has 4 heteroatoms. The van der Waals surface area contributed by atoms with Gasteiger partial charge in [-0.3, -0.25) is 0 Å². The van der Waals surface area contributed by atoms with Gasteiger partial charge in [-0.2, -0.15) is 0 Å². The van der Waals surface area contributed by atoms with Crippen LogP contribution in [0.3, 0.4) is 0 Å². The predicted octanol–water partition coefficient (Wildman–Crippen LogP) is 0.722. The van der Waals surface area contributed by atoms with Gasteiger partial charge in [0.05, 0.1) is 5.38 Å². The van der Waals surface area contributed by atoms with Crippen molar-refractivity contribution in [1.82, 2.24) is 0 Å². The van der Waals surface area contributed by atoms with E-state index in [-0.39, 0.29) is 0 Å². The predicted molar refractivity (Wildman–Crippen MR) is 51.8 cm³/mol. The summed E-state index contributed by atoms with van der Waals surface area (Å²) in [6, 6.07) is 1.19. The largest absolute Gasteiger partial charge is 0.558 e. The molecule has 1 unspecified atom stereocenters. The molecule has 0 radical (unpaired) electrons. The zero-order valence-electron chi connectivity index (χ0n) is 7.35. The van der Waals surface area contributed by atoms with Gasteiger partial charge in [-0.15, -0.1) is 0 Å². The summed E-state index contributed by atoms with van der Waals surface area (Å²) in [5, 5.41) is 0.948. The third-order valence-corrected chi connectivity index (χ3v) is 6.74. The van der Waals surface area contributed by atoms with Crippen molar-refractivity contribution in [3.63, 3.8) is 0 Å². The van der Waals surface area contributed by atoms with Crippen LogP contribution in [0.5, 0.6) is 0 Å². The highest BCUT2D eigenvalue weighted by atomic mass is 28.4. The molecular formula is C7H16O2Si2. The number of rotatable bonds is 2. The Kier molecular flexibility index (Phi) is 2.92. The lowest BCUT2D eigenvalue weighted by Crippen LogP contribution is -2.40. The molecule has 1 heterocycles. The molecule has 1 aliphatic rings. The van der Waals surface area contributed by atoms with Crippen LogP contribution >= 0.6 is 0 Å². The molecule has 0 spiro atoms. The Labute approximate surface area is 72.3 Å². The molecule has 1 rings (SSSR count). The van der Waals surface area contributed by atoms with Crippen LogP contribution in [0.15, 0.2) is 12.0 Å². The highest BCUT2D eigenvalue weighted by Gasteiger charge is 2.35. The molecule has 1 saturated heterocycles. The first-order chi connectivity index (χ1) is 5.19. The molecule has 0 saturated carbocycles. The first-order valence-corrected chi connectivity index (χ1v) is 7.49. The van der Waals surface area contributed by atoms with Crippen LogP contribution in [0, 0.1) is 0 Å². The molecule has 11 heavy (non-hydrogen) atoms. The summed E-state index contributed by atoms with van der Waals surface area (Å²) < 4.78 is 11.0. The number of hydrogen-bond donors (Lipinski definition) is 0. The third kappa shape index (κ3) is 1.94. The molecular weight excluding hydrogens is 172 g/mol. The highest BCUT2D eigenvalue weighted by molar-refractivity contribution is 6.79. The van der Waals surface area contributed by atoms with Gasteiger partial charge < -0.3 is 8.85 Å². The summed E-state index contributed by atoms with van der Waals surface area (Å²) in [5.74, 6) is 0. The van der Waals surface area contributed by atoms with Crippen molar-refractivity contribution in [2.24, 2.45) is 0 Å². The molecule has 1 aliphatic heterocycles. The monoisotopic (exact) mass is 188 g/mol. The van der Waals surface area contributed by atoms with Gasteiger partial charge in [0, 0.05) is 6.61 Å². The molecule has 1 fully saturated rings. The summed E-state index contributed by atoms with van der Waals surface area (Å²) in [7, 11) is -0.877. The molecule has 64 valence electrons. The SMILES string of the molecule is C=C(O[SiH3])[Si]1(C)CCCCO1. The van der Waals surface area contributed by atoms with Gasteiger partial charge in [-0.05, 0) is 19.0 Å². The topological polar surface area (TPSA) is 18.5 Å². The minimum Gasteiger partial charge on any atom is -0.558 e. The van der Waals surface area contributed by atoms with Crippen molar-refractivity contribution in [1.29, 1.82) is 0 Å². The van der Waals surface area contributed by atoms with E-state index in [0.29, 0.717) is 0 Å². The molecule has 2 nitrogen and oxygen atoms in total. The van der Waals surface area contributed by atoms with Crippen molar-refractivity contribution in [3.05, 3.63) is 12.0 Å². The van der Waals surface area contributed by atoms with E-state index in [1.54, 1.807) is 0 Å². The van der Waals surface area contributed by atoms with Crippen LogP contribution in [0.25, 0.3) is 0 Å². The Bertz CT molecular complexity index is 153. The first kappa shape index (κ1) is 9.03. The van der Waals surface area contributed by atoms with E-state index in [0.717, 1.165) is 22.5 Å². The van der Waals surface area contributed by atoms with Crippen LogP contribution in [-0.4, -0.2) is 25.4 Å². The van der Waals surface area contributed by atoms with Crippen LogP contribution < -0.4 is 0 Å². The lowest BCUT2D eigenvalue weighted by Gasteiger charge is -2.32.